The molecular formula is C11H11ClFN3. The summed E-state index contributed by atoms with van der Waals surface area (Å²) in [6, 6.07) is 6.53. The minimum atomic E-state index is -0.427. The Morgan fingerprint density at radius 2 is 2.25 bits per heavy atom. The number of H-pyrrole nitrogens is 1. The molecule has 0 radical (unpaired) electrons. The highest BCUT2D eigenvalue weighted by Crippen LogP contribution is 2.22. The van der Waals surface area contributed by atoms with Crippen LogP contribution in [0.2, 0.25) is 5.02 Å². The molecule has 1 atom stereocenters. The molecule has 0 aliphatic heterocycles. The first-order chi connectivity index (χ1) is 7.66. The van der Waals surface area contributed by atoms with Gasteiger partial charge in [-0.15, -0.1) is 0 Å². The molecule has 1 aromatic heterocycles. The molecule has 84 valence electrons. The van der Waals surface area contributed by atoms with Crippen LogP contribution in [0.25, 0.3) is 0 Å². The number of nitrogens with one attached hydrogen (secondary N) is 2. The summed E-state index contributed by atoms with van der Waals surface area (Å²) in [7, 11) is 0. The SMILES string of the molecule is CC(Nc1ccc(Cl)c(F)c1)c1ccn[nH]1. The zero-order valence-corrected chi connectivity index (χ0v) is 9.42. The predicted molar refractivity (Wildman–Crippen MR) is 62.0 cm³/mol. The Morgan fingerprint density at radius 3 is 2.88 bits per heavy atom. The average Bonchev–Trinajstić information content (AvgIpc) is 2.77. The van der Waals surface area contributed by atoms with Gasteiger partial charge < -0.3 is 5.32 Å². The van der Waals surface area contributed by atoms with E-state index in [1.165, 1.54) is 12.1 Å². The molecule has 2 rings (SSSR count). The second-order valence-electron chi connectivity index (χ2n) is 3.51. The van der Waals surface area contributed by atoms with E-state index in [1.54, 1.807) is 12.3 Å². The van der Waals surface area contributed by atoms with Gasteiger partial charge in [0.25, 0.3) is 0 Å². The van der Waals surface area contributed by atoms with E-state index in [1.807, 2.05) is 13.0 Å². The zero-order chi connectivity index (χ0) is 11.5. The summed E-state index contributed by atoms with van der Waals surface area (Å²) in [5.74, 6) is -0.427. The lowest BCUT2D eigenvalue weighted by Gasteiger charge is -2.13. The molecule has 0 amide bonds. The molecule has 1 heterocycles. The quantitative estimate of drug-likeness (QED) is 0.862. The number of hydrogen-bond donors (Lipinski definition) is 2. The third-order valence-electron chi connectivity index (χ3n) is 2.29. The maximum atomic E-state index is 13.2. The maximum absolute atomic E-state index is 13.2. The molecule has 0 bridgehead atoms. The molecule has 0 saturated carbocycles. The zero-order valence-electron chi connectivity index (χ0n) is 8.67. The summed E-state index contributed by atoms with van der Waals surface area (Å²) in [5, 5.41) is 9.97. The fraction of sp³-hybridized carbons (Fsp3) is 0.182. The first-order valence-electron chi connectivity index (χ1n) is 4.87. The molecular weight excluding hydrogens is 229 g/mol. The van der Waals surface area contributed by atoms with Gasteiger partial charge in [-0.2, -0.15) is 5.10 Å². The molecule has 16 heavy (non-hydrogen) atoms. The van der Waals surface area contributed by atoms with Gasteiger partial charge >= 0.3 is 0 Å². The normalized spacial score (nSPS) is 12.4. The Hall–Kier alpha value is -1.55. The van der Waals surface area contributed by atoms with Crippen molar-refractivity contribution in [3.63, 3.8) is 0 Å². The van der Waals surface area contributed by atoms with Gasteiger partial charge in [-0.05, 0) is 31.2 Å². The van der Waals surface area contributed by atoms with Gasteiger partial charge in [-0.3, -0.25) is 5.10 Å². The first kappa shape index (κ1) is 11.0. The van der Waals surface area contributed by atoms with E-state index in [0.29, 0.717) is 5.69 Å². The molecule has 5 heteroatoms. The fourth-order valence-corrected chi connectivity index (χ4v) is 1.54. The number of benzene rings is 1. The highest BCUT2D eigenvalue weighted by atomic mass is 35.5. The molecule has 0 aliphatic rings. The van der Waals surface area contributed by atoms with E-state index in [4.69, 9.17) is 11.6 Å². The maximum Gasteiger partial charge on any atom is 0.143 e. The number of aromatic nitrogens is 2. The van der Waals surface area contributed by atoms with Crippen LogP contribution < -0.4 is 5.32 Å². The predicted octanol–water partition coefficient (Wildman–Crippen LogP) is 3.38. The van der Waals surface area contributed by atoms with Crippen LogP contribution in [0.5, 0.6) is 0 Å². The molecule has 0 saturated heterocycles. The van der Waals surface area contributed by atoms with Gasteiger partial charge in [0.1, 0.15) is 5.82 Å². The van der Waals surface area contributed by atoms with Gasteiger partial charge in [-0.25, -0.2) is 4.39 Å². The minimum Gasteiger partial charge on any atom is -0.377 e. The van der Waals surface area contributed by atoms with Crippen molar-refractivity contribution in [2.75, 3.05) is 5.32 Å². The number of nitrogens with zero attached hydrogens (tertiary/aromatic N) is 1. The van der Waals surface area contributed by atoms with Gasteiger partial charge in [0.05, 0.1) is 16.8 Å². The summed E-state index contributed by atoms with van der Waals surface area (Å²) in [6.07, 6.45) is 1.68. The minimum absolute atomic E-state index is 0.0306. The van der Waals surface area contributed by atoms with E-state index in [0.717, 1.165) is 5.69 Å². The number of aromatic amines is 1. The number of halogens is 2. The van der Waals surface area contributed by atoms with Gasteiger partial charge in [0.15, 0.2) is 0 Å². The van der Waals surface area contributed by atoms with Crippen molar-refractivity contribution < 1.29 is 4.39 Å². The van der Waals surface area contributed by atoms with Gasteiger partial charge in [-0.1, -0.05) is 11.6 Å². The largest absolute Gasteiger partial charge is 0.377 e. The Morgan fingerprint density at radius 1 is 1.44 bits per heavy atom. The van der Waals surface area contributed by atoms with E-state index in [9.17, 15) is 4.39 Å². The number of hydrogen-bond acceptors (Lipinski definition) is 2. The lowest BCUT2D eigenvalue weighted by molar-refractivity contribution is 0.628. The van der Waals surface area contributed by atoms with Crippen LogP contribution in [0.1, 0.15) is 18.7 Å². The van der Waals surface area contributed by atoms with Crippen molar-refractivity contribution >= 4 is 17.3 Å². The second-order valence-corrected chi connectivity index (χ2v) is 3.91. The lowest BCUT2D eigenvalue weighted by atomic mass is 10.2. The van der Waals surface area contributed by atoms with Crippen molar-refractivity contribution in [2.45, 2.75) is 13.0 Å². The van der Waals surface area contributed by atoms with Crippen LogP contribution in [0.3, 0.4) is 0 Å². The number of anilines is 1. The van der Waals surface area contributed by atoms with Crippen molar-refractivity contribution in [1.82, 2.24) is 10.2 Å². The monoisotopic (exact) mass is 239 g/mol. The molecule has 1 unspecified atom stereocenters. The van der Waals surface area contributed by atoms with E-state index < -0.39 is 5.82 Å². The summed E-state index contributed by atoms with van der Waals surface area (Å²) in [6.45, 7) is 1.96. The van der Waals surface area contributed by atoms with Crippen LogP contribution in [0.15, 0.2) is 30.5 Å². The molecule has 2 aromatic rings. The van der Waals surface area contributed by atoms with Crippen molar-refractivity contribution in [1.29, 1.82) is 0 Å². The second kappa shape index (κ2) is 4.53. The lowest BCUT2D eigenvalue weighted by Crippen LogP contribution is -2.07. The van der Waals surface area contributed by atoms with E-state index in [2.05, 4.69) is 15.5 Å². The van der Waals surface area contributed by atoms with Crippen LogP contribution in [0.4, 0.5) is 10.1 Å². The van der Waals surface area contributed by atoms with Crippen molar-refractivity contribution in [2.24, 2.45) is 0 Å². The Bertz CT molecular complexity index is 470. The molecule has 2 N–H and O–H groups in total. The van der Waals surface area contributed by atoms with Crippen molar-refractivity contribution in [3.8, 4) is 0 Å². The van der Waals surface area contributed by atoms with Crippen LogP contribution >= 0.6 is 11.6 Å². The Kier molecular flexibility index (Phi) is 3.10. The highest BCUT2D eigenvalue weighted by molar-refractivity contribution is 6.30. The Balaban J connectivity index is 2.12. The molecule has 1 aromatic carbocycles. The first-order valence-corrected chi connectivity index (χ1v) is 5.25. The standard InChI is InChI=1S/C11H11ClFN3/c1-7(11-4-5-14-16-11)15-8-2-3-9(12)10(13)6-8/h2-7,15H,1H3,(H,14,16). The molecule has 0 spiro atoms. The molecule has 3 nitrogen and oxygen atoms in total. The third kappa shape index (κ3) is 2.33. The topological polar surface area (TPSA) is 40.7 Å². The van der Waals surface area contributed by atoms with E-state index in [-0.39, 0.29) is 11.1 Å². The van der Waals surface area contributed by atoms with E-state index >= 15 is 0 Å². The van der Waals surface area contributed by atoms with Gasteiger partial charge in [0, 0.05) is 11.9 Å². The average molecular weight is 240 g/mol. The highest BCUT2D eigenvalue weighted by Gasteiger charge is 2.07. The summed E-state index contributed by atoms with van der Waals surface area (Å²) in [5.41, 5.74) is 1.62. The molecule has 0 aliphatic carbocycles. The van der Waals surface area contributed by atoms with Gasteiger partial charge in [0.2, 0.25) is 0 Å². The summed E-state index contributed by atoms with van der Waals surface area (Å²) < 4.78 is 13.2. The number of rotatable bonds is 3. The van der Waals surface area contributed by atoms with Crippen LogP contribution in [-0.2, 0) is 0 Å². The Labute approximate surface area is 97.6 Å². The third-order valence-corrected chi connectivity index (χ3v) is 2.60. The van der Waals surface area contributed by atoms with Crippen LogP contribution in [0, 0.1) is 5.82 Å². The smallest absolute Gasteiger partial charge is 0.143 e. The fourth-order valence-electron chi connectivity index (χ4n) is 1.42. The summed E-state index contributed by atoms with van der Waals surface area (Å²) in [4.78, 5) is 0. The van der Waals surface area contributed by atoms with Crippen molar-refractivity contribution in [3.05, 3.63) is 47.0 Å². The summed E-state index contributed by atoms with van der Waals surface area (Å²) >= 11 is 5.60. The molecule has 0 fully saturated rings. The van der Waals surface area contributed by atoms with Crippen LogP contribution in [-0.4, -0.2) is 10.2 Å².